The van der Waals surface area contributed by atoms with E-state index in [1.54, 1.807) is 54.3 Å². The number of halogens is 1. The molecule has 168 valence electrons. The molecule has 0 atom stereocenters. The van der Waals surface area contributed by atoms with Gasteiger partial charge in [-0.25, -0.2) is 0 Å². The van der Waals surface area contributed by atoms with Gasteiger partial charge in [0.1, 0.15) is 0 Å². The Morgan fingerprint density at radius 2 is 1.84 bits per heavy atom. The van der Waals surface area contributed by atoms with Gasteiger partial charge in [0.25, 0.3) is 5.91 Å². The highest BCUT2D eigenvalue weighted by atomic mass is 35.5. The van der Waals surface area contributed by atoms with E-state index in [9.17, 15) is 19.2 Å². The summed E-state index contributed by atoms with van der Waals surface area (Å²) in [5, 5.41) is 5.59. The van der Waals surface area contributed by atoms with Crippen LogP contribution in [-0.4, -0.2) is 43.4 Å². The van der Waals surface area contributed by atoms with E-state index < -0.39 is 24.4 Å². The van der Waals surface area contributed by atoms with E-state index in [4.69, 9.17) is 16.3 Å². The van der Waals surface area contributed by atoms with Crippen LogP contribution in [0, 0.1) is 6.92 Å². The number of carbonyl (C=O) groups is 4. The van der Waals surface area contributed by atoms with Gasteiger partial charge in [-0.1, -0.05) is 29.8 Å². The van der Waals surface area contributed by atoms with Gasteiger partial charge in [0, 0.05) is 29.4 Å². The number of esters is 1. The Morgan fingerprint density at radius 1 is 1.09 bits per heavy atom. The molecule has 3 rings (SSSR count). The third-order valence-electron chi connectivity index (χ3n) is 5.02. The summed E-state index contributed by atoms with van der Waals surface area (Å²) in [6.07, 6.45) is 1.39. The van der Waals surface area contributed by atoms with Crippen LogP contribution in [0.4, 0.5) is 11.4 Å². The largest absolute Gasteiger partial charge is 0.455 e. The van der Waals surface area contributed by atoms with Crippen molar-refractivity contribution >= 4 is 46.7 Å². The maximum absolute atomic E-state index is 12.0. The van der Waals surface area contributed by atoms with Crippen molar-refractivity contribution in [1.29, 1.82) is 0 Å². The number of anilines is 2. The quantitative estimate of drug-likeness (QED) is 0.593. The molecular formula is C23H24ClN3O5. The Bertz CT molecular complexity index is 1020. The SMILES string of the molecule is Cc1c(Cl)cccc1NC(=O)CNC(=O)COC(=O)Cc1ccc(N2CCCC2=O)cc1. The molecule has 0 aliphatic carbocycles. The highest BCUT2D eigenvalue weighted by molar-refractivity contribution is 6.31. The molecule has 0 radical (unpaired) electrons. The van der Waals surface area contributed by atoms with Crippen molar-refractivity contribution in [3.05, 3.63) is 58.6 Å². The summed E-state index contributed by atoms with van der Waals surface area (Å²) in [6.45, 7) is 1.73. The van der Waals surface area contributed by atoms with Crippen molar-refractivity contribution < 1.29 is 23.9 Å². The topological polar surface area (TPSA) is 105 Å². The van der Waals surface area contributed by atoms with Gasteiger partial charge in [0.2, 0.25) is 11.8 Å². The summed E-state index contributed by atoms with van der Waals surface area (Å²) >= 11 is 6.01. The lowest BCUT2D eigenvalue weighted by Crippen LogP contribution is -2.35. The van der Waals surface area contributed by atoms with Crippen molar-refractivity contribution in [2.45, 2.75) is 26.2 Å². The van der Waals surface area contributed by atoms with E-state index >= 15 is 0 Å². The zero-order valence-corrected chi connectivity index (χ0v) is 18.4. The smallest absolute Gasteiger partial charge is 0.310 e. The fourth-order valence-corrected chi connectivity index (χ4v) is 3.42. The van der Waals surface area contributed by atoms with Crippen LogP contribution >= 0.6 is 11.6 Å². The number of carbonyl (C=O) groups excluding carboxylic acids is 4. The van der Waals surface area contributed by atoms with Crippen LogP contribution in [0.25, 0.3) is 0 Å². The van der Waals surface area contributed by atoms with Crippen LogP contribution in [0.1, 0.15) is 24.0 Å². The molecular weight excluding hydrogens is 434 g/mol. The van der Waals surface area contributed by atoms with E-state index in [0.717, 1.165) is 17.7 Å². The number of nitrogens with one attached hydrogen (secondary N) is 2. The molecule has 0 unspecified atom stereocenters. The average molecular weight is 458 g/mol. The van der Waals surface area contributed by atoms with Crippen LogP contribution in [0.3, 0.4) is 0 Å². The Balaban J connectivity index is 1.38. The number of hydrogen-bond donors (Lipinski definition) is 2. The number of hydrogen-bond acceptors (Lipinski definition) is 5. The lowest BCUT2D eigenvalue weighted by molar-refractivity contribution is -0.147. The molecule has 32 heavy (non-hydrogen) atoms. The fraction of sp³-hybridized carbons (Fsp3) is 0.304. The molecule has 8 nitrogen and oxygen atoms in total. The zero-order valence-electron chi connectivity index (χ0n) is 17.7. The zero-order chi connectivity index (χ0) is 23.1. The molecule has 2 aromatic rings. The van der Waals surface area contributed by atoms with E-state index in [2.05, 4.69) is 10.6 Å². The van der Waals surface area contributed by atoms with Crippen molar-refractivity contribution in [1.82, 2.24) is 5.32 Å². The summed E-state index contributed by atoms with van der Waals surface area (Å²) in [5.41, 5.74) is 2.79. The Kier molecular flexibility index (Phi) is 7.83. The van der Waals surface area contributed by atoms with Crippen LogP contribution in [0.15, 0.2) is 42.5 Å². The molecule has 9 heteroatoms. The Hall–Kier alpha value is -3.39. The maximum Gasteiger partial charge on any atom is 0.310 e. The fourth-order valence-electron chi connectivity index (χ4n) is 3.25. The second-order valence-corrected chi connectivity index (χ2v) is 7.80. The molecule has 1 aliphatic rings. The molecule has 1 fully saturated rings. The van der Waals surface area contributed by atoms with Gasteiger partial charge < -0.3 is 20.3 Å². The van der Waals surface area contributed by atoms with Gasteiger partial charge in [0.15, 0.2) is 6.61 Å². The first-order valence-corrected chi connectivity index (χ1v) is 10.6. The molecule has 1 aliphatic heterocycles. The number of rotatable bonds is 8. The van der Waals surface area contributed by atoms with Crippen molar-refractivity contribution in [2.75, 3.05) is 29.9 Å². The first kappa shape index (κ1) is 23.3. The highest BCUT2D eigenvalue weighted by Crippen LogP contribution is 2.23. The third-order valence-corrected chi connectivity index (χ3v) is 5.43. The molecule has 2 N–H and O–H groups in total. The third kappa shape index (κ3) is 6.31. The summed E-state index contributed by atoms with van der Waals surface area (Å²) in [5.74, 6) is -1.48. The van der Waals surface area contributed by atoms with Crippen LogP contribution < -0.4 is 15.5 Å². The van der Waals surface area contributed by atoms with Gasteiger partial charge in [-0.05, 0) is 48.7 Å². The molecule has 0 aromatic heterocycles. The average Bonchev–Trinajstić information content (AvgIpc) is 3.20. The maximum atomic E-state index is 12.0. The first-order chi connectivity index (χ1) is 15.3. The Labute approximate surface area is 190 Å². The highest BCUT2D eigenvalue weighted by Gasteiger charge is 2.21. The molecule has 0 saturated carbocycles. The van der Waals surface area contributed by atoms with Crippen LogP contribution in [0.5, 0.6) is 0 Å². The molecule has 0 bridgehead atoms. The summed E-state index contributed by atoms with van der Waals surface area (Å²) in [6, 6.07) is 12.2. The molecule has 3 amide bonds. The minimum atomic E-state index is -0.584. The van der Waals surface area contributed by atoms with E-state index in [1.807, 2.05) is 0 Å². The van der Waals surface area contributed by atoms with Gasteiger partial charge in [-0.2, -0.15) is 0 Å². The normalized spacial score (nSPS) is 13.1. The lowest BCUT2D eigenvalue weighted by atomic mass is 10.1. The standard InChI is InChI=1S/C23H24ClN3O5/c1-15-18(24)4-2-5-19(15)26-20(28)13-25-21(29)14-32-23(31)12-16-7-9-17(10-8-16)27-11-3-6-22(27)30/h2,4-5,7-10H,3,6,11-14H2,1H3,(H,25,29)(H,26,28). The number of ether oxygens (including phenoxy) is 1. The van der Waals surface area contributed by atoms with Crippen LogP contribution in [0.2, 0.25) is 5.02 Å². The van der Waals surface area contributed by atoms with Gasteiger partial charge >= 0.3 is 5.97 Å². The number of nitrogens with zero attached hydrogens (tertiary/aromatic N) is 1. The van der Waals surface area contributed by atoms with Crippen LogP contribution in [-0.2, 0) is 30.3 Å². The second kappa shape index (κ2) is 10.8. The number of amides is 3. The predicted octanol–water partition coefficient (Wildman–Crippen LogP) is 2.62. The van der Waals surface area contributed by atoms with Crippen molar-refractivity contribution in [2.24, 2.45) is 0 Å². The summed E-state index contributed by atoms with van der Waals surface area (Å²) in [7, 11) is 0. The first-order valence-electron chi connectivity index (χ1n) is 10.2. The molecule has 2 aromatic carbocycles. The monoisotopic (exact) mass is 457 g/mol. The minimum Gasteiger partial charge on any atom is -0.455 e. The molecule has 1 heterocycles. The Morgan fingerprint density at radius 3 is 2.53 bits per heavy atom. The lowest BCUT2D eigenvalue weighted by Gasteiger charge is -2.15. The van der Waals surface area contributed by atoms with Gasteiger partial charge in [-0.3, -0.25) is 19.2 Å². The van der Waals surface area contributed by atoms with Crippen molar-refractivity contribution in [3.8, 4) is 0 Å². The summed E-state index contributed by atoms with van der Waals surface area (Å²) in [4.78, 5) is 49.4. The van der Waals surface area contributed by atoms with Crippen molar-refractivity contribution in [3.63, 3.8) is 0 Å². The summed E-state index contributed by atoms with van der Waals surface area (Å²) < 4.78 is 4.98. The minimum absolute atomic E-state index is 0.00393. The molecule has 0 spiro atoms. The molecule has 1 saturated heterocycles. The van der Waals surface area contributed by atoms with Gasteiger partial charge in [0.05, 0.1) is 13.0 Å². The van der Waals surface area contributed by atoms with E-state index in [0.29, 0.717) is 29.2 Å². The predicted molar refractivity (Wildman–Crippen MR) is 121 cm³/mol. The van der Waals surface area contributed by atoms with E-state index in [-0.39, 0.29) is 18.9 Å². The van der Waals surface area contributed by atoms with E-state index in [1.165, 1.54) is 0 Å². The van der Waals surface area contributed by atoms with Gasteiger partial charge in [-0.15, -0.1) is 0 Å². The number of benzene rings is 2. The second-order valence-electron chi connectivity index (χ2n) is 7.39.